The molecule has 0 saturated carbocycles. The Bertz CT molecular complexity index is 2280. The third kappa shape index (κ3) is 7.18. The van der Waals surface area contributed by atoms with Crippen LogP contribution in [0.4, 0.5) is 4.39 Å². The Morgan fingerprint density at radius 3 is 2.23 bits per heavy atom. The molecule has 0 unspecified atom stereocenters. The van der Waals surface area contributed by atoms with Crippen molar-refractivity contribution in [3.63, 3.8) is 0 Å². The summed E-state index contributed by atoms with van der Waals surface area (Å²) in [6, 6.07) is 31.1. The van der Waals surface area contributed by atoms with Crippen LogP contribution in [0.3, 0.4) is 0 Å². The third-order valence-corrected chi connectivity index (χ3v) is 10.00. The zero-order valence-electron chi connectivity index (χ0n) is 30.1. The molecule has 239 valence electrons. The molecule has 47 heavy (non-hydrogen) atoms. The van der Waals surface area contributed by atoms with Crippen LogP contribution >= 0.6 is 0 Å². The Labute approximate surface area is 294 Å². The molecular weight excluding hydrogens is 778 g/mol. The molecule has 0 amide bonds. The maximum absolute atomic E-state index is 14.9. The van der Waals surface area contributed by atoms with Gasteiger partial charge in [-0.2, -0.15) is 0 Å². The first-order valence-corrected chi connectivity index (χ1v) is 18.6. The number of hydrogen-bond donors (Lipinski definition) is 0. The zero-order valence-corrected chi connectivity index (χ0v) is 30.5. The van der Waals surface area contributed by atoms with Crippen LogP contribution in [0.15, 0.2) is 95.7 Å². The number of fused-ring (bicyclic) bond motifs is 3. The van der Waals surface area contributed by atoms with Crippen molar-refractivity contribution in [1.29, 1.82) is 0 Å². The van der Waals surface area contributed by atoms with E-state index in [2.05, 4.69) is 58.9 Å². The predicted octanol–water partition coefficient (Wildman–Crippen LogP) is 9.97. The molecule has 0 spiro atoms. The molecule has 0 fully saturated rings. The summed E-state index contributed by atoms with van der Waals surface area (Å²) in [5.41, 5.74) is 8.17. The van der Waals surface area contributed by atoms with Crippen LogP contribution in [0.1, 0.15) is 26.5 Å². The van der Waals surface area contributed by atoms with Crippen LogP contribution < -0.4 is 5.19 Å². The van der Waals surface area contributed by atoms with Gasteiger partial charge in [0.2, 0.25) is 5.71 Å². The minimum atomic E-state index is -2.33. The van der Waals surface area contributed by atoms with Crippen molar-refractivity contribution in [2.24, 2.45) is 0 Å². The van der Waals surface area contributed by atoms with Crippen molar-refractivity contribution in [2.45, 2.75) is 47.3 Å². The van der Waals surface area contributed by atoms with Gasteiger partial charge < -0.3 is 14.4 Å². The van der Waals surface area contributed by atoms with Crippen LogP contribution in [0.25, 0.3) is 55.7 Å². The molecule has 4 nitrogen and oxygen atoms in total. The first kappa shape index (κ1) is 30.1. The maximum atomic E-state index is 14.9. The van der Waals surface area contributed by atoms with E-state index in [1.807, 2.05) is 69.4 Å². The van der Waals surface area contributed by atoms with Crippen molar-refractivity contribution >= 4 is 35.3 Å². The van der Waals surface area contributed by atoms with Gasteiger partial charge in [-0.3, -0.25) is 0 Å². The van der Waals surface area contributed by atoms with Crippen molar-refractivity contribution < 1.29 is 33.0 Å². The molecule has 4 heterocycles. The van der Waals surface area contributed by atoms with Crippen molar-refractivity contribution in [2.75, 3.05) is 0 Å². The second-order valence-electron chi connectivity index (χ2n) is 12.5. The molecule has 0 saturated heterocycles. The van der Waals surface area contributed by atoms with Crippen molar-refractivity contribution in [1.82, 2.24) is 15.0 Å². The number of rotatable bonds is 4. The van der Waals surface area contributed by atoms with Crippen LogP contribution in [0.2, 0.25) is 19.6 Å². The summed E-state index contributed by atoms with van der Waals surface area (Å²) in [7, 11) is -1.23. The van der Waals surface area contributed by atoms with Gasteiger partial charge in [-0.05, 0) is 73.0 Å². The number of aryl methyl sites for hydroxylation is 4. The Kier molecular flexibility index (Phi) is 8.84. The number of nitrogens with zero attached hydrogens (tertiary/aromatic N) is 3. The average Bonchev–Trinajstić information content (AvgIpc) is 3.44. The monoisotopic (exact) mass is 817 g/mol. The summed E-state index contributed by atoms with van der Waals surface area (Å²) in [5.74, 6) is -0.408. The molecule has 3 aromatic carbocycles. The normalized spacial score (nSPS) is 12.4. The van der Waals surface area contributed by atoms with E-state index in [9.17, 15) is 4.39 Å². The fraction of sp³-hybridized carbons (Fsp3) is 0.175. The Hall–Kier alpha value is -4.29. The predicted molar refractivity (Wildman–Crippen MR) is 189 cm³/mol. The molecule has 7 rings (SSSR count). The number of halogens is 1. The summed E-state index contributed by atoms with van der Waals surface area (Å²) in [4.78, 5) is 13.0. The smallest absolute Gasteiger partial charge is 0.216 e. The van der Waals surface area contributed by atoms with E-state index in [-0.39, 0.29) is 31.5 Å². The molecular formula is C40H36FIrN3OSi-2. The van der Waals surface area contributed by atoms with E-state index in [4.69, 9.17) is 8.53 Å². The molecule has 0 bridgehead atoms. The summed E-state index contributed by atoms with van der Waals surface area (Å²) < 4.78 is 43.7. The number of hydrogen-bond acceptors (Lipinski definition) is 4. The van der Waals surface area contributed by atoms with E-state index in [1.54, 1.807) is 18.2 Å². The number of benzene rings is 3. The van der Waals surface area contributed by atoms with Gasteiger partial charge in [-0.15, -0.1) is 54.1 Å². The average molecular weight is 817 g/mol. The minimum Gasteiger partial charge on any atom is -0.486 e. The second-order valence-corrected chi connectivity index (χ2v) is 17.6. The van der Waals surface area contributed by atoms with Gasteiger partial charge in [0.15, 0.2) is 0 Å². The van der Waals surface area contributed by atoms with Gasteiger partial charge in [0.25, 0.3) is 0 Å². The van der Waals surface area contributed by atoms with Gasteiger partial charge in [0.05, 0.1) is 19.9 Å². The molecule has 7 heteroatoms. The van der Waals surface area contributed by atoms with Gasteiger partial charge in [-0.25, -0.2) is 9.37 Å². The van der Waals surface area contributed by atoms with E-state index < -0.39 is 20.7 Å². The minimum absolute atomic E-state index is 0. The van der Waals surface area contributed by atoms with Gasteiger partial charge >= 0.3 is 0 Å². The van der Waals surface area contributed by atoms with Crippen LogP contribution in [0.5, 0.6) is 0 Å². The van der Waals surface area contributed by atoms with E-state index in [0.717, 1.165) is 38.9 Å². The molecule has 0 aliphatic heterocycles. The zero-order chi connectivity index (χ0) is 35.1. The summed E-state index contributed by atoms with van der Waals surface area (Å²) in [6.45, 7) is 10.6. The first-order valence-electron chi connectivity index (χ1n) is 16.6. The van der Waals surface area contributed by atoms with E-state index in [1.165, 1.54) is 17.4 Å². The largest absolute Gasteiger partial charge is 0.486 e. The number of aromatic nitrogens is 3. The summed E-state index contributed by atoms with van der Waals surface area (Å²) in [5, 5.41) is 2.85. The molecule has 0 atom stereocenters. The Balaban J connectivity index is 0.000000241. The SMILES string of the molecule is C[Si](C)(C)c1ccc(-c2[c-]cccc2)nc1.[2H]C([2H])([2H])c1ccc2c(n1)oc1c(-c3cc(-c4c(C)cc(C)cc4C)c(F)cn3)[c-]ccc12.[Ir]. The number of pyridine rings is 3. The fourth-order valence-corrected chi connectivity index (χ4v) is 6.77. The molecule has 0 aliphatic rings. The molecule has 0 aliphatic carbocycles. The molecule has 4 aromatic heterocycles. The van der Waals surface area contributed by atoms with Crippen molar-refractivity contribution in [3.05, 3.63) is 132 Å². The standard InChI is InChI=1S/C26H20FN2O.C14H16NSi.Ir/c1-14-10-15(2)24(16(3)11-14)21-12-23(28-13-22(21)27)20-7-5-6-18-19-9-8-17(4)29-26(19)30-25(18)20;1-16(2,3)13-9-10-14(15-11-13)12-7-5-4-6-8-12;/h5-6,8-13H,1-4H3;4-7,9-11H,1-3H3;/q2*-1;/i4D3;;. The van der Waals surface area contributed by atoms with Crippen LogP contribution in [0, 0.1) is 45.6 Å². The van der Waals surface area contributed by atoms with Gasteiger partial charge in [0, 0.05) is 47.1 Å². The number of furan rings is 1. The first-order chi connectivity index (χ1) is 23.2. The molecule has 0 N–H and O–H groups in total. The van der Waals surface area contributed by atoms with Gasteiger partial charge in [0.1, 0.15) is 5.82 Å². The molecule has 1 radical (unpaired) electrons. The second kappa shape index (κ2) is 13.8. The Morgan fingerprint density at radius 2 is 1.57 bits per heavy atom. The fourth-order valence-electron chi connectivity index (χ4n) is 5.73. The Morgan fingerprint density at radius 1 is 0.809 bits per heavy atom. The summed E-state index contributed by atoms with van der Waals surface area (Å²) in [6.07, 6.45) is 3.23. The van der Waals surface area contributed by atoms with Gasteiger partial charge in [-0.1, -0.05) is 66.5 Å². The third-order valence-electron chi connectivity index (χ3n) is 7.97. The van der Waals surface area contributed by atoms with Crippen LogP contribution in [-0.4, -0.2) is 23.0 Å². The summed E-state index contributed by atoms with van der Waals surface area (Å²) >= 11 is 0. The van der Waals surface area contributed by atoms with E-state index >= 15 is 0 Å². The van der Waals surface area contributed by atoms with Crippen molar-refractivity contribution in [3.8, 4) is 33.6 Å². The quantitative estimate of drug-likeness (QED) is 0.131. The van der Waals surface area contributed by atoms with E-state index in [0.29, 0.717) is 27.8 Å². The topological polar surface area (TPSA) is 51.8 Å². The molecule has 7 aromatic rings. The van der Waals surface area contributed by atoms with Crippen LogP contribution in [-0.2, 0) is 20.1 Å². The maximum Gasteiger partial charge on any atom is 0.216 e.